The number of carbonyl (C=O) groups excluding carboxylic acids is 1. The van der Waals surface area contributed by atoms with Gasteiger partial charge in [0, 0.05) is 22.2 Å². The predicted molar refractivity (Wildman–Crippen MR) is 135 cm³/mol. The molecule has 168 valence electrons. The molecular weight excluding hydrogens is 448 g/mol. The first-order valence-corrected chi connectivity index (χ1v) is 11.8. The van der Waals surface area contributed by atoms with Gasteiger partial charge < -0.3 is 14.5 Å². The molecule has 0 radical (unpaired) electrons. The Bertz CT molecular complexity index is 1720. The second kappa shape index (κ2) is 8.07. The van der Waals surface area contributed by atoms with Crippen molar-refractivity contribution in [1.29, 1.82) is 0 Å². The van der Waals surface area contributed by atoms with E-state index in [-0.39, 0.29) is 11.7 Å². The molecule has 0 saturated heterocycles. The Hall–Kier alpha value is -4.04. The van der Waals surface area contributed by atoms with E-state index in [9.17, 15) is 4.79 Å². The number of fused-ring (bicyclic) bond motifs is 6. The number of amides is 1. The highest BCUT2D eigenvalue weighted by molar-refractivity contribution is 7.99. The minimum absolute atomic E-state index is 0.171. The molecule has 0 unspecified atom stereocenters. The lowest BCUT2D eigenvalue weighted by Crippen LogP contribution is -2.15. The Balaban J connectivity index is 1.28. The Kier molecular flexibility index (Phi) is 4.88. The van der Waals surface area contributed by atoms with Crippen LogP contribution in [-0.2, 0) is 4.79 Å². The Morgan fingerprint density at radius 1 is 1.00 bits per heavy atom. The second-order valence-electron chi connectivity index (χ2n) is 8.00. The van der Waals surface area contributed by atoms with E-state index < -0.39 is 0 Å². The normalized spacial score (nSPS) is 11.6. The maximum Gasteiger partial charge on any atom is 0.234 e. The van der Waals surface area contributed by atoms with Crippen molar-refractivity contribution in [2.45, 2.75) is 12.1 Å². The molecule has 34 heavy (non-hydrogen) atoms. The number of nitrogens with zero attached hydrogens (tertiary/aromatic N) is 3. The molecule has 0 aliphatic carbocycles. The molecule has 3 aromatic carbocycles. The number of aromatic nitrogens is 3. The van der Waals surface area contributed by atoms with Gasteiger partial charge in [-0.3, -0.25) is 9.20 Å². The van der Waals surface area contributed by atoms with Crippen molar-refractivity contribution in [2.24, 2.45) is 0 Å². The van der Waals surface area contributed by atoms with Crippen LogP contribution in [0.3, 0.4) is 0 Å². The minimum atomic E-state index is -0.174. The molecule has 0 fully saturated rings. The number of aryl methyl sites for hydroxylation is 1. The van der Waals surface area contributed by atoms with E-state index in [1.807, 2.05) is 59.0 Å². The quantitative estimate of drug-likeness (QED) is 0.321. The fourth-order valence-corrected chi connectivity index (χ4v) is 5.05. The number of hydrogen-bond acceptors (Lipinski definition) is 6. The Morgan fingerprint density at radius 3 is 2.65 bits per heavy atom. The average molecular weight is 469 g/mol. The van der Waals surface area contributed by atoms with Crippen LogP contribution in [0.2, 0.25) is 0 Å². The number of thioether (sulfide) groups is 1. The van der Waals surface area contributed by atoms with Crippen LogP contribution >= 0.6 is 11.8 Å². The molecule has 7 nitrogen and oxygen atoms in total. The number of nitrogens with one attached hydrogen (secondary N) is 1. The van der Waals surface area contributed by atoms with Crippen molar-refractivity contribution < 1.29 is 13.9 Å². The lowest BCUT2D eigenvalue weighted by molar-refractivity contribution is -0.113. The first-order chi connectivity index (χ1) is 16.6. The number of methoxy groups -OCH3 is 1. The van der Waals surface area contributed by atoms with E-state index in [2.05, 4.69) is 28.5 Å². The third-order valence-electron chi connectivity index (χ3n) is 5.88. The van der Waals surface area contributed by atoms with Gasteiger partial charge in [0.2, 0.25) is 5.91 Å². The van der Waals surface area contributed by atoms with E-state index >= 15 is 0 Å². The van der Waals surface area contributed by atoms with Gasteiger partial charge in [-0.05, 0) is 36.8 Å². The molecule has 0 saturated carbocycles. The first-order valence-electron chi connectivity index (χ1n) is 10.8. The maximum atomic E-state index is 12.9. The van der Waals surface area contributed by atoms with Crippen molar-refractivity contribution in [1.82, 2.24) is 14.6 Å². The van der Waals surface area contributed by atoms with Crippen LogP contribution in [-0.4, -0.2) is 33.4 Å². The van der Waals surface area contributed by atoms with Crippen LogP contribution < -0.4 is 10.1 Å². The summed E-state index contributed by atoms with van der Waals surface area (Å²) < 4.78 is 13.5. The monoisotopic (exact) mass is 468 g/mol. The molecule has 0 aliphatic heterocycles. The van der Waals surface area contributed by atoms with Gasteiger partial charge in [-0.25, -0.2) is 0 Å². The Labute approximate surface area is 198 Å². The number of hydrogen-bond donors (Lipinski definition) is 1. The number of ether oxygens (including phenoxy) is 1. The summed E-state index contributed by atoms with van der Waals surface area (Å²) in [4.78, 5) is 12.9. The van der Waals surface area contributed by atoms with Crippen LogP contribution in [0.4, 0.5) is 5.69 Å². The predicted octanol–water partition coefficient (Wildman–Crippen LogP) is 5.83. The van der Waals surface area contributed by atoms with E-state index in [4.69, 9.17) is 9.15 Å². The lowest BCUT2D eigenvalue weighted by atomic mass is 10.1. The fourth-order valence-electron chi connectivity index (χ4n) is 4.30. The molecule has 1 N–H and O–H groups in total. The Morgan fingerprint density at radius 2 is 1.79 bits per heavy atom. The van der Waals surface area contributed by atoms with Gasteiger partial charge in [0.15, 0.2) is 10.8 Å². The molecule has 6 aromatic rings. The molecule has 0 spiro atoms. The van der Waals surface area contributed by atoms with Gasteiger partial charge in [-0.1, -0.05) is 48.2 Å². The third-order valence-corrected chi connectivity index (χ3v) is 6.81. The average Bonchev–Trinajstić information content (AvgIpc) is 3.43. The van der Waals surface area contributed by atoms with Crippen molar-refractivity contribution >= 4 is 61.8 Å². The molecule has 8 heteroatoms. The maximum absolute atomic E-state index is 12.9. The molecule has 0 bridgehead atoms. The summed E-state index contributed by atoms with van der Waals surface area (Å²) in [5.74, 6) is 0.573. The smallest absolute Gasteiger partial charge is 0.234 e. The number of furan rings is 1. The number of benzene rings is 3. The first kappa shape index (κ1) is 20.6. The van der Waals surface area contributed by atoms with E-state index in [0.717, 1.165) is 38.5 Å². The lowest BCUT2D eigenvalue weighted by Gasteiger charge is -2.10. The number of carbonyl (C=O) groups is 1. The van der Waals surface area contributed by atoms with Crippen LogP contribution in [0.5, 0.6) is 5.75 Å². The largest absolute Gasteiger partial charge is 0.495 e. The zero-order valence-electron chi connectivity index (χ0n) is 18.5. The van der Waals surface area contributed by atoms with Crippen LogP contribution in [0.1, 0.15) is 5.56 Å². The standard InChI is InChI=1S/C26H20N4O3S/c1-15-11-24-28-29-26(30(24)20-9-5-3-7-16(15)20)34-14-25(31)27-19-13-22-18(12-23(19)32-2)17-8-4-6-10-21(17)33-22/h3-13H,14H2,1-2H3,(H,27,31). The van der Waals surface area contributed by atoms with Crippen LogP contribution in [0.15, 0.2) is 76.3 Å². The summed E-state index contributed by atoms with van der Waals surface area (Å²) in [6.07, 6.45) is 0. The molecular formula is C26H20N4O3S. The van der Waals surface area contributed by atoms with Gasteiger partial charge >= 0.3 is 0 Å². The van der Waals surface area contributed by atoms with Gasteiger partial charge in [0.25, 0.3) is 0 Å². The van der Waals surface area contributed by atoms with Crippen molar-refractivity contribution in [3.63, 3.8) is 0 Å². The SMILES string of the molecule is COc1cc2c(cc1NC(=O)CSc1nnc3cc(C)c4ccccc4n13)oc1ccccc12. The van der Waals surface area contributed by atoms with Crippen molar-refractivity contribution in [3.8, 4) is 5.75 Å². The number of para-hydroxylation sites is 2. The van der Waals surface area contributed by atoms with E-state index in [1.165, 1.54) is 11.8 Å². The molecule has 0 aliphatic rings. The number of rotatable bonds is 5. The van der Waals surface area contributed by atoms with Gasteiger partial charge in [0.05, 0.1) is 24.1 Å². The highest BCUT2D eigenvalue weighted by atomic mass is 32.2. The molecule has 6 rings (SSSR count). The van der Waals surface area contributed by atoms with E-state index in [0.29, 0.717) is 22.2 Å². The summed E-state index contributed by atoms with van der Waals surface area (Å²) in [7, 11) is 1.59. The number of pyridine rings is 1. The van der Waals surface area contributed by atoms with Gasteiger partial charge in [-0.15, -0.1) is 10.2 Å². The van der Waals surface area contributed by atoms with E-state index in [1.54, 1.807) is 13.2 Å². The minimum Gasteiger partial charge on any atom is -0.495 e. The second-order valence-corrected chi connectivity index (χ2v) is 8.95. The fraction of sp³-hybridized carbons (Fsp3) is 0.115. The summed E-state index contributed by atoms with van der Waals surface area (Å²) >= 11 is 1.34. The molecule has 1 amide bonds. The topological polar surface area (TPSA) is 81.7 Å². The van der Waals surface area contributed by atoms with Crippen molar-refractivity contribution in [3.05, 3.63) is 72.3 Å². The molecule has 3 aromatic heterocycles. The third kappa shape index (κ3) is 3.34. The summed E-state index contributed by atoms with van der Waals surface area (Å²) in [6, 6.07) is 21.6. The van der Waals surface area contributed by atoms with Crippen LogP contribution in [0.25, 0.3) is 38.5 Å². The summed E-state index contributed by atoms with van der Waals surface area (Å²) in [5, 5.41) is 15.3. The summed E-state index contributed by atoms with van der Waals surface area (Å²) in [5.41, 5.74) is 4.96. The van der Waals surface area contributed by atoms with Crippen molar-refractivity contribution in [2.75, 3.05) is 18.2 Å². The molecule has 3 heterocycles. The highest BCUT2D eigenvalue weighted by Crippen LogP contribution is 2.36. The van der Waals surface area contributed by atoms with Gasteiger partial charge in [-0.2, -0.15) is 0 Å². The number of anilines is 1. The van der Waals surface area contributed by atoms with Crippen LogP contribution in [0, 0.1) is 6.92 Å². The highest BCUT2D eigenvalue weighted by Gasteiger charge is 2.16. The summed E-state index contributed by atoms with van der Waals surface area (Å²) in [6.45, 7) is 2.06. The molecule has 0 atom stereocenters. The van der Waals surface area contributed by atoms with Gasteiger partial charge in [0.1, 0.15) is 16.9 Å². The zero-order valence-corrected chi connectivity index (χ0v) is 19.3. The zero-order chi connectivity index (χ0) is 23.2.